The van der Waals surface area contributed by atoms with Crippen LogP contribution in [0.25, 0.3) is 0 Å². The molecule has 3 heteroatoms. The van der Waals surface area contributed by atoms with Gasteiger partial charge in [-0.15, -0.1) is 0 Å². The molecule has 1 amide bonds. The van der Waals surface area contributed by atoms with Crippen LogP contribution < -0.4 is 5.73 Å². The lowest BCUT2D eigenvalue weighted by Gasteiger charge is -2.13. The van der Waals surface area contributed by atoms with Gasteiger partial charge in [-0.25, -0.2) is 0 Å². The molecule has 2 N–H and O–H groups in total. The quantitative estimate of drug-likeness (QED) is 0.939. The summed E-state index contributed by atoms with van der Waals surface area (Å²) in [5, 5.41) is 0. The van der Waals surface area contributed by atoms with E-state index < -0.39 is 0 Å². The van der Waals surface area contributed by atoms with Crippen LogP contribution in [0.5, 0.6) is 0 Å². The van der Waals surface area contributed by atoms with Gasteiger partial charge in [0.15, 0.2) is 0 Å². The van der Waals surface area contributed by atoms with Crippen molar-refractivity contribution in [2.24, 2.45) is 5.73 Å². The van der Waals surface area contributed by atoms with E-state index >= 15 is 0 Å². The zero-order chi connectivity index (χ0) is 14.8. The first kappa shape index (κ1) is 13.8. The molecule has 1 aliphatic heterocycles. The Bertz CT molecular complexity index is 652. The number of fused-ring (bicyclic) bond motifs is 1. The molecule has 0 radical (unpaired) electrons. The predicted molar refractivity (Wildman–Crippen MR) is 83.4 cm³/mol. The summed E-state index contributed by atoms with van der Waals surface area (Å²) in [5.41, 5.74) is 11.2. The third-order valence-corrected chi connectivity index (χ3v) is 4.12. The van der Waals surface area contributed by atoms with Gasteiger partial charge in [-0.05, 0) is 28.7 Å². The van der Waals surface area contributed by atoms with Crippen molar-refractivity contribution in [1.82, 2.24) is 4.90 Å². The van der Waals surface area contributed by atoms with E-state index in [0.717, 1.165) is 18.5 Å². The Labute approximate surface area is 125 Å². The molecule has 108 valence electrons. The van der Waals surface area contributed by atoms with Gasteiger partial charge in [0.1, 0.15) is 0 Å². The second-order valence-corrected chi connectivity index (χ2v) is 5.70. The molecular weight excluding hydrogens is 260 g/mol. The van der Waals surface area contributed by atoms with Crippen molar-refractivity contribution in [2.75, 3.05) is 0 Å². The Morgan fingerprint density at radius 2 is 1.86 bits per heavy atom. The Kier molecular flexibility index (Phi) is 3.76. The first-order chi connectivity index (χ1) is 10.1. The summed E-state index contributed by atoms with van der Waals surface area (Å²) in [7, 11) is 0. The summed E-state index contributed by atoms with van der Waals surface area (Å²) in [6.07, 6.45) is 0.829. The molecule has 0 aliphatic carbocycles. The lowest BCUT2D eigenvalue weighted by Crippen LogP contribution is -2.21. The van der Waals surface area contributed by atoms with Crippen molar-refractivity contribution in [3.63, 3.8) is 0 Å². The number of nitrogens with two attached hydrogens (primary N) is 1. The number of amides is 1. The molecule has 1 atom stereocenters. The van der Waals surface area contributed by atoms with Crippen LogP contribution in [0.1, 0.15) is 35.2 Å². The molecule has 1 heterocycles. The second-order valence-electron chi connectivity index (χ2n) is 5.70. The molecule has 0 bridgehead atoms. The highest BCUT2D eigenvalue weighted by atomic mass is 16.2. The van der Waals surface area contributed by atoms with Crippen LogP contribution >= 0.6 is 0 Å². The van der Waals surface area contributed by atoms with Gasteiger partial charge in [0.2, 0.25) is 5.91 Å². The molecule has 0 saturated heterocycles. The van der Waals surface area contributed by atoms with E-state index in [9.17, 15) is 4.79 Å². The Balaban J connectivity index is 1.76. The number of benzene rings is 2. The Morgan fingerprint density at radius 3 is 2.57 bits per heavy atom. The minimum atomic E-state index is -0.0101. The van der Waals surface area contributed by atoms with Crippen molar-refractivity contribution < 1.29 is 4.79 Å². The van der Waals surface area contributed by atoms with Crippen molar-refractivity contribution in [3.8, 4) is 0 Å². The number of carbonyl (C=O) groups is 1. The molecule has 0 aromatic heterocycles. The Morgan fingerprint density at radius 1 is 1.14 bits per heavy atom. The topological polar surface area (TPSA) is 46.3 Å². The zero-order valence-electron chi connectivity index (χ0n) is 12.3. The molecule has 0 spiro atoms. The summed E-state index contributed by atoms with van der Waals surface area (Å²) < 4.78 is 0. The molecule has 3 nitrogen and oxygen atoms in total. The van der Waals surface area contributed by atoms with Crippen LogP contribution in [0.2, 0.25) is 0 Å². The van der Waals surface area contributed by atoms with Crippen molar-refractivity contribution in [1.29, 1.82) is 0 Å². The first-order valence-corrected chi connectivity index (χ1v) is 7.30. The highest BCUT2D eigenvalue weighted by Gasteiger charge is 2.21. The van der Waals surface area contributed by atoms with E-state index in [4.69, 9.17) is 5.73 Å². The normalized spacial score (nSPS) is 14.9. The summed E-state index contributed by atoms with van der Waals surface area (Å²) >= 11 is 0. The van der Waals surface area contributed by atoms with Gasteiger partial charge < -0.3 is 10.6 Å². The van der Waals surface area contributed by atoms with Crippen molar-refractivity contribution in [3.05, 3.63) is 70.8 Å². The summed E-state index contributed by atoms with van der Waals surface area (Å²) in [4.78, 5) is 13.3. The average Bonchev–Trinajstić information content (AvgIpc) is 2.91. The van der Waals surface area contributed by atoms with E-state index in [1.807, 2.05) is 23.1 Å². The smallest absolute Gasteiger partial charge is 0.220 e. The van der Waals surface area contributed by atoms with E-state index in [1.165, 1.54) is 16.7 Å². The molecule has 3 rings (SSSR count). The molecule has 21 heavy (non-hydrogen) atoms. The fourth-order valence-electron chi connectivity index (χ4n) is 2.85. The van der Waals surface area contributed by atoms with E-state index in [0.29, 0.717) is 6.54 Å². The standard InChI is InChI=1S/C18H20N2O/c1-13(21)20-11-16-8-7-15(10-17(16)12-20)18(19)9-14-5-3-2-4-6-14/h2-8,10,18H,9,11-12,19H2,1H3. The van der Waals surface area contributed by atoms with E-state index in [-0.39, 0.29) is 11.9 Å². The fraction of sp³-hybridized carbons (Fsp3) is 0.278. The number of nitrogens with zero attached hydrogens (tertiary/aromatic N) is 1. The predicted octanol–water partition coefficient (Wildman–Crippen LogP) is 2.79. The van der Waals surface area contributed by atoms with Gasteiger partial charge in [-0.1, -0.05) is 48.5 Å². The van der Waals surface area contributed by atoms with E-state index in [2.05, 4.69) is 30.3 Å². The van der Waals surface area contributed by atoms with Crippen LogP contribution in [0.15, 0.2) is 48.5 Å². The summed E-state index contributed by atoms with van der Waals surface area (Å²) in [5.74, 6) is 0.126. The van der Waals surface area contributed by atoms with Crippen LogP contribution in [0, 0.1) is 0 Å². The van der Waals surface area contributed by atoms with Crippen LogP contribution in [-0.4, -0.2) is 10.8 Å². The van der Waals surface area contributed by atoms with Crippen LogP contribution in [0.4, 0.5) is 0 Å². The zero-order valence-corrected chi connectivity index (χ0v) is 12.3. The Hall–Kier alpha value is -2.13. The highest BCUT2D eigenvalue weighted by molar-refractivity contribution is 5.74. The molecule has 1 unspecified atom stereocenters. The molecule has 0 fully saturated rings. The maximum Gasteiger partial charge on any atom is 0.220 e. The SMILES string of the molecule is CC(=O)N1Cc2ccc(C(N)Cc3ccccc3)cc2C1. The van der Waals surface area contributed by atoms with Gasteiger partial charge in [-0.3, -0.25) is 4.79 Å². The lowest BCUT2D eigenvalue weighted by molar-refractivity contribution is -0.129. The van der Waals surface area contributed by atoms with E-state index in [1.54, 1.807) is 6.92 Å². The summed E-state index contributed by atoms with van der Waals surface area (Å²) in [6.45, 7) is 3.05. The first-order valence-electron chi connectivity index (χ1n) is 7.30. The molecule has 2 aromatic rings. The third-order valence-electron chi connectivity index (χ3n) is 4.12. The van der Waals surface area contributed by atoms with Crippen molar-refractivity contribution >= 4 is 5.91 Å². The van der Waals surface area contributed by atoms with Gasteiger partial charge in [0, 0.05) is 26.1 Å². The van der Waals surface area contributed by atoms with Gasteiger partial charge in [0.05, 0.1) is 0 Å². The fourth-order valence-corrected chi connectivity index (χ4v) is 2.85. The molecule has 1 aliphatic rings. The lowest BCUT2D eigenvalue weighted by atomic mass is 9.97. The van der Waals surface area contributed by atoms with Gasteiger partial charge in [0.25, 0.3) is 0 Å². The third kappa shape index (κ3) is 2.98. The summed E-state index contributed by atoms with van der Waals surface area (Å²) in [6, 6.07) is 16.6. The van der Waals surface area contributed by atoms with Crippen LogP contribution in [0.3, 0.4) is 0 Å². The highest BCUT2D eigenvalue weighted by Crippen LogP contribution is 2.26. The minimum Gasteiger partial charge on any atom is -0.334 e. The number of rotatable bonds is 3. The molecular formula is C18H20N2O. The number of hydrogen-bond acceptors (Lipinski definition) is 2. The minimum absolute atomic E-state index is 0.0101. The average molecular weight is 280 g/mol. The number of hydrogen-bond donors (Lipinski definition) is 1. The van der Waals surface area contributed by atoms with Crippen molar-refractivity contribution in [2.45, 2.75) is 32.5 Å². The maximum absolute atomic E-state index is 11.5. The largest absolute Gasteiger partial charge is 0.334 e. The maximum atomic E-state index is 11.5. The molecule has 0 saturated carbocycles. The second kappa shape index (κ2) is 5.70. The molecule has 2 aromatic carbocycles. The van der Waals surface area contributed by atoms with Gasteiger partial charge in [-0.2, -0.15) is 0 Å². The van der Waals surface area contributed by atoms with Gasteiger partial charge >= 0.3 is 0 Å². The monoisotopic (exact) mass is 280 g/mol. The number of carbonyl (C=O) groups excluding carboxylic acids is 1. The van der Waals surface area contributed by atoms with Crippen LogP contribution in [-0.2, 0) is 24.3 Å².